The molecule has 0 atom stereocenters. The van der Waals surface area contributed by atoms with Crippen LogP contribution in [0.5, 0.6) is 0 Å². The van der Waals surface area contributed by atoms with Crippen LogP contribution in [0.25, 0.3) is 0 Å². The fraction of sp³-hybridized carbons (Fsp3) is 0.545. The van der Waals surface area contributed by atoms with Gasteiger partial charge in [-0.05, 0) is 38.8 Å². The highest BCUT2D eigenvalue weighted by molar-refractivity contribution is 5.62. The molecule has 14 heavy (non-hydrogen) atoms. The van der Waals surface area contributed by atoms with E-state index in [1.54, 1.807) is 13.8 Å². The monoisotopic (exact) mass is 198 g/mol. The van der Waals surface area contributed by atoms with E-state index >= 15 is 0 Å². The van der Waals surface area contributed by atoms with Crippen LogP contribution >= 0.6 is 0 Å². The van der Waals surface area contributed by atoms with Gasteiger partial charge in [-0.1, -0.05) is 13.8 Å². The maximum Gasteiger partial charge on any atom is 0.518 e. The molecule has 0 unspecified atom stereocenters. The summed E-state index contributed by atoms with van der Waals surface area (Å²) in [5, 5.41) is 0. The molecule has 80 valence electrons. The molecule has 0 heterocycles. The maximum absolute atomic E-state index is 11.1. The highest BCUT2D eigenvalue weighted by Gasteiger charge is 2.05. The summed E-state index contributed by atoms with van der Waals surface area (Å²) in [6, 6.07) is 0. The zero-order valence-electron chi connectivity index (χ0n) is 9.29. The number of hydrogen-bond donors (Lipinski definition) is 0. The quantitative estimate of drug-likeness (QED) is 0.509. The molecular formula is C11H18O3. The van der Waals surface area contributed by atoms with Gasteiger partial charge in [-0.2, -0.15) is 0 Å². The van der Waals surface area contributed by atoms with E-state index in [4.69, 9.17) is 9.47 Å². The van der Waals surface area contributed by atoms with E-state index in [1.165, 1.54) is 0 Å². The number of rotatable bonds is 4. The Morgan fingerprint density at radius 2 is 1.36 bits per heavy atom. The van der Waals surface area contributed by atoms with Crippen LogP contribution in [0.1, 0.15) is 40.5 Å². The van der Waals surface area contributed by atoms with Crippen LogP contribution in [0.4, 0.5) is 4.79 Å². The molecule has 0 amide bonds. The molecular weight excluding hydrogens is 180 g/mol. The van der Waals surface area contributed by atoms with E-state index in [1.807, 2.05) is 26.0 Å². The van der Waals surface area contributed by atoms with Crippen LogP contribution in [0.3, 0.4) is 0 Å². The van der Waals surface area contributed by atoms with Gasteiger partial charge in [-0.25, -0.2) is 4.79 Å². The summed E-state index contributed by atoms with van der Waals surface area (Å²) in [4.78, 5) is 11.1. The predicted molar refractivity (Wildman–Crippen MR) is 55.7 cm³/mol. The first-order chi connectivity index (χ1) is 6.60. The van der Waals surface area contributed by atoms with Crippen LogP contribution in [0.2, 0.25) is 0 Å². The van der Waals surface area contributed by atoms with Gasteiger partial charge in [0.15, 0.2) is 0 Å². The Bertz CT molecular complexity index is 215. The highest BCUT2D eigenvalue weighted by Crippen LogP contribution is 2.04. The van der Waals surface area contributed by atoms with Crippen LogP contribution in [0.15, 0.2) is 23.7 Å². The molecule has 3 heteroatoms. The first kappa shape index (κ1) is 12.8. The van der Waals surface area contributed by atoms with Crippen LogP contribution < -0.4 is 0 Å². The third-order valence-corrected chi connectivity index (χ3v) is 1.47. The molecule has 0 spiro atoms. The van der Waals surface area contributed by atoms with Gasteiger partial charge in [-0.15, -0.1) is 0 Å². The molecule has 0 aliphatic heterocycles. The predicted octanol–water partition coefficient (Wildman–Crippen LogP) is 3.77. The van der Waals surface area contributed by atoms with Crippen molar-refractivity contribution >= 4 is 6.16 Å². The molecule has 0 N–H and O–H groups in total. The number of ether oxygens (including phenoxy) is 2. The summed E-state index contributed by atoms with van der Waals surface area (Å²) in [6.45, 7) is 7.40. The second-order valence-corrected chi connectivity index (χ2v) is 2.90. The van der Waals surface area contributed by atoms with Crippen LogP contribution in [-0.4, -0.2) is 6.16 Å². The smallest absolute Gasteiger partial charge is 0.400 e. The summed E-state index contributed by atoms with van der Waals surface area (Å²) in [6.07, 6.45) is 4.64. The molecule has 0 saturated carbocycles. The molecule has 0 aromatic heterocycles. The molecule has 0 aromatic carbocycles. The summed E-state index contributed by atoms with van der Waals surface area (Å²) in [5.41, 5.74) is 0. The van der Waals surface area contributed by atoms with Crippen LogP contribution in [-0.2, 0) is 9.47 Å². The average Bonchev–Trinajstić information content (AvgIpc) is 2.03. The van der Waals surface area contributed by atoms with Crippen molar-refractivity contribution in [3.8, 4) is 0 Å². The largest absolute Gasteiger partial charge is 0.518 e. The van der Waals surface area contributed by atoms with Gasteiger partial charge in [0.25, 0.3) is 0 Å². The van der Waals surface area contributed by atoms with Gasteiger partial charge < -0.3 is 9.47 Å². The highest BCUT2D eigenvalue weighted by atomic mass is 16.7. The fourth-order valence-electron chi connectivity index (χ4n) is 0.942. The van der Waals surface area contributed by atoms with Gasteiger partial charge in [-0.3, -0.25) is 0 Å². The second-order valence-electron chi connectivity index (χ2n) is 2.90. The van der Waals surface area contributed by atoms with E-state index in [0.29, 0.717) is 11.5 Å². The minimum Gasteiger partial charge on any atom is -0.400 e. The van der Waals surface area contributed by atoms with Crippen molar-refractivity contribution in [2.24, 2.45) is 0 Å². The first-order valence-electron chi connectivity index (χ1n) is 4.83. The standard InChI is InChI=1S/C11H18O3/c1-5-7-9(3)13-11(12)14-10(4)8-6-2/h7-8H,5-6H2,1-4H3/b9-7+,10-8+. The summed E-state index contributed by atoms with van der Waals surface area (Å²) >= 11 is 0. The Morgan fingerprint density at radius 1 is 1.00 bits per heavy atom. The van der Waals surface area contributed by atoms with Gasteiger partial charge >= 0.3 is 6.16 Å². The van der Waals surface area contributed by atoms with Gasteiger partial charge in [0.1, 0.15) is 11.5 Å². The van der Waals surface area contributed by atoms with Crippen molar-refractivity contribution in [2.75, 3.05) is 0 Å². The summed E-state index contributed by atoms with van der Waals surface area (Å²) in [5.74, 6) is 1.14. The number of hydrogen-bond acceptors (Lipinski definition) is 3. The Kier molecular flexibility index (Phi) is 6.54. The van der Waals surface area contributed by atoms with E-state index < -0.39 is 6.16 Å². The van der Waals surface area contributed by atoms with Crippen molar-refractivity contribution < 1.29 is 14.3 Å². The van der Waals surface area contributed by atoms with Gasteiger partial charge in [0.2, 0.25) is 0 Å². The topological polar surface area (TPSA) is 35.5 Å². The lowest BCUT2D eigenvalue weighted by atomic mass is 10.4. The molecule has 0 rings (SSSR count). The Morgan fingerprint density at radius 3 is 1.64 bits per heavy atom. The normalized spacial score (nSPS) is 12.6. The zero-order chi connectivity index (χ0) is 11.0. The third-order valence-electron chi connectivity index (χ3n) is 1.47. The van der Waals surface area contributed by atoms with Crippen molar-refractivity contribution in [3.63, 3.8) is 0 Å². The Labute approximate surface area is 85.4 Å². The molecule has 0 fully saturated rings. The SMILES string of the molecule is CC/C=C(\C)OC(=O)O/C(C)=C/CC. The number of carbonyl (C=O) groups excluding carboxylic acids is 1. The molecule has 0 saturated heterocycles. The van der Waals surface area contributed by atoms with Crippen LogP contribution in [0, 0.1) is 0 Å². The van der Waals surface area contributed by atoms with Crippen molar-refractivity contribution in [3.05, 3.63) is 23.7 Å². The summed E-state index contributed by atoms with van der Waals surface area (Å²) in [7, 11) is 0. The second kappa shape index (κ2) is 7.18. The van der Waals surface area contributed by atoms with Crippen molar-refractivity contribution in [1.82, 2.24) is 0 Å². The Balaban J connectivity index is 3.99. The molecule has 0 aliphatic rings. The lowest BCUT2D eigenvalue weighted by Crippen LogP contribution is -2.04. The maximum atomic E-state index is 11.1. The van der Waals surface area contributed by atoms with E-state index in [0.717, 1.165) is 12.8 Å². The number of allylic oxidation sites excluding steroid dienone is 4. The molecule has 0 aliphatic carbocycles. The molecule has 3 nitrogen and oxygen atoms in total. The van der Waals surface area contributed by atoms with Gasteiger partial charge in [0.05, 0.1) is 0 Å². The van der Waals surface area contributed by atoms with Crippen molar-refractivity contribution in [2.45, 2.75) is 40.5 Å². The zero-order valence-corrected chi connectivity index (χ0v) is 9.29. The van der Waals surface area contributed by atoms with E-state index in [-0.39, 0.29) is 0 Å². The minimum absolute atomic E-state index is 0.571. The first-order valence-corrected chi connectivity index (χ1v) is 4.83. The lowest BCUT2D eigenvalue weighted by molar-refractivity contribution is 0.102. The Hall–Kier alpha value is -1.25. The molecule has 0 bridgehead atoms. The minimum atomic E-state index is -0.672. The van der Waals surface area contributed by atoms with E-state index in [9.17, 15) is 4.79 Å². The van der Waals surface area contributed by atoms with E-state index in [2.05, 4.69) is 0 Å². The fourth-order valence-corrected chi connectivity index (χ4v) is 0.942. The lowest BCUT2D eigenvalue weighted by Gasteiger charge is -2.05. The number of carbonyl (C=O) groups is 1. The summed E-state index contributed by atoms with van der Waals surface area (Å²) < 4.78 is 9.73. The molecule has 0 radical (unpaired) electrons. The third kappa shape index (κ3) is 6.29. The average molecular weight is 198 g/mol. The molecule has 0 aromatic rings. The van der Waals surface area contributed by atoms with Gasteiger partial charge in [0, 0.05) is 0 Å². The van der Waals surface area contributed by atoms with Crippen molar-refractivity contribution in [1.29, 1.82) is 0 Å².